The second-order valence-electron chi connectivity index (χ2n) is 6.03. The Morgan fingerprint density at radius 2 is 2.04 bits per heavy atom. The number of hydrogen-bond acceptors (Lipinski definition) is 7. The molecule has 3 aromatic heterocycles. The summed E-state index contributed by atoms with van der Waals surface area (Å²) in [5.74, 6) is 0.519. The number of carbonyl (C=O) groups excluding carboxylic acids is 1. The number of rotatable bonds is 3. The lowest BCUT2D eigenvalue weighted by Gasteiger charge is -2.08. The molecular weight excluding hydrogens is 366 g/mol. The summed E-state index contributed by atoms with van der Waals surface area (Å²) in [6.07, 6.45) is 1.45. The average molecular weight is 381 g/mol. The maximum Gasteiger partial charge on any atom is 0.266 e. The number of benzene rings is 1. The summed E-state index contributed by atoms with van der Waals surface area (Å²) in [6.45, 7) is 3.46. The summed E-state index contributed by atoms with van der Waals surface area (Å²) in [5.41, 5.74) is 1.65. The van der Waals surface area contributed by atoms with Gasteiger partial charge in [0.15, 0.2) is 0 Å². The van der Waals surface area contributed by atoms with Crippen LogP contribution in [0.5, 0.6) is 0 Å². The third kappa shape index (κ3) is 2.91. The van der Waals surface area contributed by atoms with Gasteiger partial charge in [-0.05, 0) is 24.6 Å². The molecule has 0 atom stereocenters. The van der Waals surface area contributed by atoms with Crippen LogP contribution in [0.3, 0.4) is 0 Å². The number of para-hydroxylation sites is 1. The molecule has 4 rings (SSSR count). The van der Waals surface area contributed by atoms with Gasteiger partial charge in [0.1, 0.15) is 4.83 Å². The van der Waals surface area contributed by atoms with Crippen LogP contribution in [0.2, 0.25) is 0 Å². The van der Waals surface area contributed by atoms with E-state index in [0.29, 0.717) is 43.6 Å². The third-order valence-electron chi connectivity index (χ3n) is 4.16. The number of amides is 1. The van der Waals surface area contributed by atoms with E-state index >= 15 is 0 Å². The van der Waals surface area contributed by atoms with E-state index in [9.17, 15) is 9.59 Å². The van der Waals surface area contributed by atoms with Gasteiger partial charge in [-0.2, -0.15) is 4.98 Å². The van der Waals surface area contributed by atoms with Crippen molar-refractivity contribution in [3.63, 3.8) is 0 Å². The van der Waals surface area contributed by atoms with Crippen LogP contribution >= 0.6 is 11.3 Å². The highest BCUT2D eigenvalue weighted by molar-refractivity contribution is 7.20. The van der Waals surface area contributed by atoms with Crippen molar-refractivity contribution in [2.24, 2.45) is 7.05 Å². The van der Waals surface area contributed by atoms with Crippen molar-refractivity contribution in [1.82, 2.24) is 19.7 Å². The molecule has 27 heavy (non-hydrogen) atoms. The Bertz CT molecular complexity index is 1240. The number of thiophene rings is 1. The Labute approximate surface area is 157 Å². The van der Waals surface area contributed by atoms with Crippen LogP contribution in [-0.2, 0) is 7.05 Å². The van der Waals surface area contributed by atoms with Crippen LogP contribution in [0.4, 0.5) is 5.69 Å². The molecule has 0 aliphatic heterocycles. The fourth-order valence-corrected chi connectivity index (χ4v) is 3.83. The lowest BCUT2D eigenvalue weighted by Crippen LogP contribution is -2.17. The standard InChI is InChI=1S/C18H15N5O3S/c1-9-13-17(19-8-23(3)18(13)25)27-14(9)16(24)21-12-7-5-4-6-11(12)15-20-10(2)26-22-15/h4-8H,1-3H3,(H,21,24). The highest BCUT2D eigenvalue weighted by atomic mass is 32.1. The number of aromatic nitrogens is 4. The number of nitrogens with one attached hydrogen (secondary N) is 1. The molecule has 0 spiro atoms. The maximum absolute atomic E-state index is 12.9. The van der Waals surface area contributed by atoms with Crippen LogP contribution in [0, 0.1) is 13.8 Å². The quantitative estimate of drug-likeness (QED) is 0.585. The second kappa shape index (κ2) is 6.44. The zero-order chi connectivity index (χ0) is 19.1. The Balaban J connectivity index is 1.74. The van der Waals surface area contributed by atoms with Crippen LogP contribution < -0.4 is 10.9 Å². The average Bonchev–Trinajstić information content (AvgIpc) is 3.22. The van der Waals surface area contributed by atoms with Crippen LogP contribution in [0.1, 0.15) is 21.1 Å². The highest BCUT2D eigenvalue weighted by Crippen LogP contribution is 2.30. The largest absolute Gasteiger partial charge is 0.339 e. The molecule has 0 radical (unpaired) electrons. The van der Waals surface area contributed by atoms with Gasteiger partial charge in [-0.3, -0.25) is 9.59 Å². The Hall–Kier alpha value is -3.33. The van der Waals surface area contributed by atoms with E-state index in [1.807, 2.05) is 6.07 Å². The van der Waals surface area contributed by atoms with E-state index in [-0.39, 0.29) is 11.5 Å². The SMILES string of the molecule is Cc1nc(-c2ccccc2NC(=O)c2sc3ncn(C)c(=O)c3c2C)no1. The molecule has 0 unspecified atom stereocenters. The molecule has 0 bridgehead atoms. The summed E-state index contributed by atoms with van der Waals surface area (Å²) in [4.78, 5) is 34.7. The predicted molar refractivity (Wildman–Crippen MR) is 102 cm³/mol. The molecule has 1 N–H and O–H groups in total. The molecule has 0 saturated carbocycles. The normalized spacial score (nSPS) is 11.1. The van der Waals surface area contributed by atoms with E-state index in [0.717, 1.165) is 0 Å². The first-order chi connectivity index (χ1) is 13.0. The molecule has 0 saturated heterocycles. The molecule has 4 aromatic rings. The molecule has 9 heteroatoms. The van der Waals surface area contributed by atoms with Gasteiger partial charge in [-0.1, -0.05) is 17.3 Å². The third-order valence-corrected chi connectivity index (χ3v) is 5.36. The zero-order valence-electron chi connectivity index (χ0n) is 14.8. The van der Waals surface area contributed by atoms with E-state index in [1.165, 1.54) is 22.2 Å². The van der Waals surface area contributed by atoms with Crippen molar-refractivity contribution in [3.8, 4) is 11.4 Å². The van der Waals surface area contributed by atoms with Gasteiger partial charge in [0, 0.05) is 19.5 Å². The van der Waals surface area contributed by atoms with Gasteiger partial charge in [-0.15, -0.1) is 11.3 Å². The molecule has 3 heterocycles. The van der Waals surface area contributed by atoms with Crippen molar-refractivity contribution < 1.29 is 9.32 Å². The number of anilines is 1. The van der Waals surface area contributed by atoms with Gasteiger partial charge in [0.25, 0.3) is 11.5 Å². The van der Waals surface area contributed by atoms with Gasteiger partial charge in [0.05, 0.1) is 22.3 Å². The number of nitrogens with zero attached hydrogens (tertiary/aromatic N) is 4. The monoisotopic (exact) mass is 381 g/mol. The van der Waals surface area contributed by atoms with Crippen LogP contribution in [0.15, 0.2) is 39.9 Å². The summed E-state index contributed by atoms with van der Waals surface area (Å²) in [6, 6.07) is 7.20. The van der Waals surface area contributed by atoms with E-state index in [1.54, 1.807) is 39.1 Å². The second-order valence-corrected chi connectivity index (χ2v) is 7.03. The summed E-state index contributed by atoms with van der Waals surface area (Å²) in [5, 5.41) is 7.26. The highest BCUT2D eigenvalue weighted by Gasteiger charge is 2.20. The zero-order valence-corrected chi connectivity index (χ0v) is 15.6. The molecule has 1 amide bonds. The van der Waals surface area contributed by atoms with Crippen molar-refractivity contribution in [2.75, 3.05) is 5.32 Å². The maximum atomic E-state index is 12.9. The van der Waals surface area contributed by atoms with Crippen molar-refractivity contribution in [2.45, 2.75) is 13.8 Å². The Morgan fingerprint density at radius 3 is 2.78 bits per heavy atom. The first kappa shape index (κ1) is 17.1. The van der Waals surface area contributed by atoms with Crippen molar-refractivity contribution in [1.29, 1.82) is 0 Å². The number of carbonyl (C=O) groups is 1. The first-order valence-electron chi connectivity index (χ1n) is 8.11. The molecule has 0 fully saturated rings. The van der Waals surface area contributed by atoms with Gasteiger partial charge in [0.2, 0.25) is 11.7 Å². The van der Waals surface area contributed by atoms with Gasteiger partial charge in [-0.25, -0.2) is 4.98 Å². The van der Waals surface area contributed by atoms with E-state index < -0.39 is 0 Å². The number of hydrogen-bond donors (Lipinski definition) is 1. The molecule has 8 nitrogen and oxygen atoms in total. The Kier molecular flexibility index (Phi) is 4.08. The summed E-state index contributed by atoms with van der Waals surface area (Å²) in [7, 11) is 1.63. The van der Waals surface area contributed by atoms with Crippen molar-refractivity contribution in [3.05, 3.63) is 57.3 Å². The summed E-state index contributed by atoms with van der Waals surface area (Å²) < 4.78 is 6.43. The first-order valence-corrected chi connectivity index (χ1v) is 8.93. The molecule has 0 aliphatic rings. The van der Waals surface area contributed by atoms with Gasteiger partial charge < -0.3 is 14.4 Å². The van der Waals surface area contributed by atoms with Crippen molar-refractivity contribution >= 4 is 33.1 Å². The van der Waals surface area contributed by atoms with E-state index in [4.69, 9.17) is 4.52 Å². The van der Waals surface area contributed by atoms with Crippen LogP contribution in [0.25, 0.3) is 21.6 Å². The lowest BCUT2D eigenvalue weighted by molar-refractivity contribution is 0.103. The summed E-state index contributed by atoms with van der Waals surface area (Å²) >= 11 is 1.19. The number of fused-ring (bicyclic) bond motifs is 1. The fraction of sp³-hybridized carbons (Fsp3) is 0.167. The minimum atomic E-state index is -0.315. The van der Waals surface area contributed by atoms with E-state index in [2.05, 4.69) is 20.4 Å². The smallest absolute Gasteiger partial charge is 0.266 e. The minimum Gasteiger partial charge on any atom is -0.339 e. The van der Waals surface area contributed by atoms with Crippen LogP contribution in [-0.4, -0.2) is 25.6 Å². The Morgan fingerprint density at radius 1 is 1.26 bits per heavy atom. The lowest BCUT2D eigenvalue weighted by atomic mass is 10.1. The number of aryl methyl sites for hydroxylation is 3. The minimum absolute atomic E-state index is 0.171. The fourth-order valence-electron chi connectivity index (χ4n) is 2.80. The molecule has 1 aromatic carbocycles. The molecular formula is C18H15N5O3S. The molecule has 136 valence electrons. The topological polar surface area (TPSA) is 103 Å². The van der Waals surface area contributed by atoms with Gasteiger partial charge >= 0.3 is 0 Å². The predicted octanol–water partition coefficient (Wildman–Crippen LogP) is 2.91. The molecule has 0 aliphatic carbocycles.